The molecule has 2 aromatic rings. The Bertz CT molecular complexity index is 696. The molecule has 1 aliphatic heterocycles. The quantitative estimate of drug-likeness (QED) is 0.843. The molecule has 5 heteroatoms. The van der Waals surface area contributed by atoms with E-state index in [0.717, 1.165) is 49.6 Å². The van der Waals surface area contributed by atoms with Gasteiger partial charge in [0.2, 0.25) is 0 Å². The average Bonchev–Trinajstić information content (AvgIpc) is 3.17. The molecular weight excluding hydrogens is 311 g/mol. The van der Waals surface area contributed by atoms with Crippen molar-refractivity contribution in [3.63, 3.8) is 0 Å². The van der Waals surface area contributed by atoms with Crippen molar-refractivity contribution in [1.29, 1.82) is 0 Å². The summed E-state index contributed by atoms with van der Waals surface area (Å²) in [7, 11) is 0. The molecule has 0 atom stereocenters. The van der Waals surface area contributed by atoms with E-state index in [0.29, 0.717) is 0 Å². The lowest BCUT2D eigenvalue weighted by atomic mass is 10.2. The minimum atomic E-state index is -0.215. The SMILES string of the molecule is O=C(c1cc2c(s1)CCC2)N1CCN(c2ccc(F)cc2)CC1. The van der Waals surface area contributed by atoms with Crippen LogP contribution in [0, 0.1) is 5.82 Å². The highest BCUT2D eigenvalue weighted by Gasteiger charge is 2.25. The Morgan fingerprint density at radius 2 is 1.78 bits per heavy atom. The molecule has 0 spiro atoms. The highest BCUT2D eigenvalue weighted by atomic mass is 32.1. The molecular formula is C18H19FN2OS. The van der Waals surface area contributed by atoms with E-state index in [1.165, 1.54) is 29.0 Å². The van der Waals surface area contributed by atoms with Crippen molar-refractivity contribution in [1.82, 2.24) is 4.90 Å². The summed E-state index contributed by atoms with van der Waals surface area (Å²) >= 11 is 1.68. The summed E-state index contributed by atoms with van der Waals surface area (Å²) in [6.07, 6.45) is 3.48. The number of fused-ring (bicyclic) bond motifs is 1. The minimum absolute atomic E-state index is 0.170. The Morgan fingerprint density at radius 1 is 1.04 bits per heavy atom. The topological polar surface area (TPSA) is 23.6 Å². The largest absolute Gasteiger partial charge is 0.368 e. The zero-order chi connectivity index (χ0) is 15.8. The molecule has 1 aliphatic carbocycles. The minimum Gasteiger partial charge on any atom is -0.368 e. The Kier molecular flexibility index (Phi) is 3.81. The Balaban J connectivity index is 1.40. The number of carbonyl (C=O) groups is 1. The summed E-state index contributed by atoms with van der Waals surface area (Å²) in [6.45, 7) is 3.03. The number of halogens is 1. The Hall–Kier alpha value is -1.88. The standard InChI is InChI=1S/C18H19FN2OS/c19-14-4-6-15(7-5-14)20-8-10-21(11-9-20)18(22)17-12-13-2-1-3-16(13)23-17/h4-7,12H,1-3,8-11H2. The zero-order valence-electron chi connectivity index (χ0n) is 12.9. The van der Waals surface area contributed by atoms with Crippen LogP contribution in [-0.2, 0) is 12.8 Å². The lowest BCUT2D eigenvalue weighted by molar-refractivity contribution is 0.0751. The van der Waals surface area contributed by atoms with E-state index in [4.69, 9.17) is 0 Å². The summed E-state index contributed by atoms with van der Waals surface area (Å²) in [6, 6.07) is 8.68. The van der Waals surface area contributed by atoms with Crippen LogP contribution < -0.4 is 4.90 Å². The average molecular weight is 330 g/mol. The molecule has 2 heterocycles. The van der Waals surface area contributed by atoms with Crippen molar-refractivity contribution in [3.8, 4) is 0 Å². The smallest absolute Gasteiger partial charge is 0.264 e. The van der Waals surface area contributed by atoms with Gasteiger partial charge in [-0.25, -0.2) is 4.39 Å². The highest BCUT2D eigenvalue weighted by molar-refractivity contribution is 7.14. The lowest BCUT2D eigenvalue weighted by Crippen LogP contribution is -2.48. The number of hydrogen-bond donors (Lipinski definition) is 0. The number of piperazine rings is 1. The summed E-state index contributed by atoms with van der Waals surface area (Å²) < 4.78 is 13.0. The van der Waals surface area contributed by atoms with Gasteiger partial charge in [0.15, 0.2) is 0 Å². The molecule has 1 aromatic carbocycles. The molecule has 1 amide bonds. The Morgan fingerprint density at radius 3 is 2.48 bits per heavy atom. The van der Waals surface area contributed by atoms with Gasteiger partial charge in [-0.05, 0) is 55.2 Å². The number of carbonyl (C=O) groups excluding carboxylic acids is 1. The fraction of sp³-hybridized carbons (Fsp3) is 0.389. The van der Waals surface area contributed by atoms with Crippen LogP contribution in [0.4, 0.5) is 10.1 Å². The van der Waals surface area contributed by atoms with Crippen LogP contribution in [0.1, 0.15) is 26.5 Å². The number of aryl methyl sites for hydroxylation is 2. The van der Waals surface area contributed by atoms with Gasteiger partial charge in [0.1, 0.15) is 5.82 Å². The molecule has 1 saturated heterocycles. The van der Waals surface area contributed by atoms with Crippen LogP contribution in [0.3, 0.4) is 0 Å². The maximum absolute atomic E-state index is 13.0. The van der Waals surface area contributed by atoms with Gasteiger partial charge in [-0.15, -0.1) is 11.3 Å². The van der Waals surface area contributed by atoms with Crippen molar-refractivity contribution in [2.24, 2.45) is 0 Å². The number of thiophene rings is 1. The van der Waals surface area contributed by atoms with Gasteiger partial charge in [0.05, 0.1) is 4.88 Å². The van der Waals surface area contributed by atoms with Crippen LogP contribution in [0.25, 0.3) is 0 Å². The first kappa shape index (κ1) is 14.7. The molecule has 3 nitrogen and oxygen atoms in total. The fourth-order valence-electron chi connectivity index (χ4n) is 3.41. The number of amides is 1. The molecule has 0 saturated carbocycles. The Labute approximate surface area is 139 Å². The first-order chi connectivity index (χ1) is 11.2. The van der Waals surface area contributed by atoms with E-state index in [2.05, 4.69) is 11.0 Å². The molecule has 120 valence electrons. The highest BCUT2D eigenvalue weighted by Crippen LogP contribution is 2.31. The van der Waals surface area contributed by atoms with Gasteiger partial charge >= 0.3 is 0 Å². The van der Waals surface area contributed by atoms with Gasteiger partial charge < -0.3 is 9.80 Å². The summed E-state index contributed by atoms with van der Waals surface area (Å²) in [5.74, 6) is -0.0449. The van der Waals surface area contributed by atoms with Crippen LogP contribution in [0.5, 0.6) is 0 Å². The lowest BCUT2D eigenvalue weighted by Gasteiger charge is -2.36. The van der Waals surface area contributed by atoms with Crippen molar-refractivity contribution in [2.75, 3.05) is 31.1 Å². The van der Waals surface area contributed by atoms with E-state index in [-0.39, 0.29) is 11.7 Å². The third-order valence-electron chi connectivity index (χ3n) is 4.72. The van der Waals surface area contributed by atoms with E-state index in [9.17, 15) is 9.18 Å². The van der Waals surface area contributed by atoms with E-state index in [1.54, 1.807) is 23.5 Å². The molecule has 23 heavy (non-hydrogen) atoms. The molecule has 0 radical (unpaired) electrons. The molecule has 2 aliphatic rings. The van der Waals surface area contributed by atoms with E-state index >= 15 is 0 Å². The predicted molar refractivity (Wildman–Crippen MR) is 90.9 cm³/mol. The molecule has 0 N–H and O–H groups in total. The second-order valence-corrected chi connectivity index (χ2v) is 7.31. The number of anilines is 1. The normalized spacial score (nSPS) is 17.4. The fourth-order valence-corrected chi connectivity index (χ4v) is 4.63. The monoisotopic (exact) mass is 330 g/mol. The van der Waals surface area contributed by atoms with Crippen molar-refractivity contribution >= 4 is 22.9 Å². The first-order valence-electron chi connectivity index (χ1n) is 8.12. The van der Waals surface area contributed by atoms with Crippen LogP contribution in [0.2, 0.25) is 0 Å². The van der Waals surface area contributed by atoms with Crippen LogP contribution in [-0.4, -0.2) is 37.0 Å². The number of nitrogens with zero attached hydrogens (tertiary/aromatic N) is 2. The molecule has 1 fully saturated rings. The van der Waals surface area contributed by atoms with Crippen molar-refractivity contribution < 1.29 is 9.18 Å². The van der Waals surface area contributed by atoms with Gasteiger partial charge in [-0.1, -0.05) is 0 Å². The van der Waals surface area contributed by atoms with Gasteiger partial charge in [0.25, 0.3) is 5.91 Å². The van der Waals surface area contributed by atoms with E-state index in [1.807, 2.05) is 4.90 Å². The summed E-state index contributed by atoms with van der Waals surface area (Å²) in [5, 5.41) is 0. The van der Waals surface area contributed by atoms with Crippen LogP contribution >= 0.6 is 11.3 Å². The maximum atomic E-state index is 13.0. The number of rotatable bonds is 2. The van der Waals surface area contributed by atoms with Crippen molar-refractivity contribution in [2.45, 2.75) is 19.3 Å². The predicted octanol–water partition coefficient (Wildman–Crippen LogP) is 3.34. The van der Waals surface area contributed by atoms with Crippen LogP contribution in [0.15, 0.2) is 30.3 Å². The maximum Gasteiger partial charge on any atom is 0.264 e. The van der Waals surface area contributed by atoms with Gasteiger partial charge in [0, 0.05) is 36.7 Å². The third-order valence-corrected chi connectivity index (χ3v) is 5.94. The van der Waals surface area contributed by atoms with Gasteiger partial charge in [-0.3, -0.25) is 4.79 Å². The second kappa shape index (κ2) is 5.96. The molecule has 4 rings (SSSR count). The van der Waals surface area contributed by atoms with Crippen molar-refractivity contribution in [3.05, 3.63) is 51.5 Å². The van der Waals surface area contributed by atoms with E-state index < -0.39 is 0 Å². The molecule has 1 aromatic heterocycles. The van der Waals surface area contributed by atoms with Gasteiger partial charge in [-0.2, -0.15) is 0 Å². The second-order valence-electron chi connectivity index (χ2n) is 6.17. The molecule has 0 unspecified atom stereocenters. The third kappa shape index (κ3) is 2.85. The summed E-state index contributed by atoms with van der Waals surface area (Å²) in [4.78, 5) is 19.1. The number of hydrogen-bond acceptors (Lipinski definition) is 3. The molecule has 0 bridgehead atoms. The number of benzene rings is 1. The summed E-state index contributed by atoms with van der Waals surface area (Å²) in [5.41, 5.74) is 2.40. The first-order valence-corrected chi connectivity index (χ1v) is 8.94. The zero-order valence-corrected chi connectivity index (χ0v) is 13.7.